The summed E-state index contributed by atoms with van der Waals surface area (Å²) in [7, 11) is 0. The molecule has 1 saturated heterocycles. The Labute approximate surface area is 117 Å². The minimum absolute atomic E-state index is 0.667. The number of pyridine rings is 1. The van der Waals surface area contributed by atoms with Crippen LogP contribution in [0.15, 0.2) is 24.5 Å². The molecule has 3 heteroatoms. The minimum atomic E-state index is 0.667. The van der Waals surface area contributed by atoms with Crippen LogP contribution in [0.4, 0.5) is 0 Å². The van der Waals surface area contributed by atoms with Crippen molar-refractivity contribution in [2.75, 3.05) is 13.1 Å². The lowest BCUT2D eigenvalue weighted by molar-refractivity contribution is 0.112. The third-order valence-electron chi connectivity index (χ3n) is 4.01. The molecule has 1 fully saturated rings. The predicted molar refractivity (Wildman–Crippen MR) is 80.0 cm³/mol. The molecule has 3 nitrogen and oxygen atoms in total. The molecule has 1 aliphatic rings. The third-order valence-corrected chi connectivity index (χ3v) is 4.01. The van der Waals surface area contributed by atoms with Crippen LogP contribution in [0.25, 0.3) is 0 Å². The Morgan fingerprint density at radius 1 is 1.21 bits per heavy atom. The lowest BCUT2D eigenvalue weighted by Gasteiger charge is -2.40. The Bertz CT molecular complexity index is 352. The highest BCUT2D eigenvalue weighted by Gasteiger charge is 2.26. The van der Waals surface area contributed by atoms with Gasteiger partial charge in [0.25, 0.3) is 0 Å². The maximum Gasteiger partial charge on any atom is 0.0271 e. The van der Waals surface area contributed by atoms with Gasteiger partial charge >= 0.3 is 0 Å². The summed E-state index contributed by atoms with van der Waals surface area (Å²) in [4.78, 5) is 6.77. The second-order valence-electron chi connectivity index (χ2n) is 5.62. The molecule has 2 atom stereocenters. The zero-order chi connectivity index (χ0) is 13.5. The van der Waals surface area contributed by atoms with E-state index in [2.05, 4.69) is 41.2 Å². The topological polar surface area (TPSA) is 28.2 Å². The lowest BCUT2D eigenvalue weighted by Crippen LogP contribution is -2.55. The zero-order valence-electron chi connectivity index (χ0n) is 12.3. The normalized spacial score (nSPS) is 24.5. The number of nitrogens with zero attached hydrogens (tertiary/aromatic N) is 2. The highest BCUT2D eigenvalue weighted by atomic mass is 15.2. The van der Waals surface area contributed by atoms with Gasteiger partial charge in [0.1, 0.15) is 0 Å². The molecule has 0 bridgehead atoms. The molecular formula is C16H27N3. The van der Waals surface area contributed by atoms with Crippen molar-refractivity contribution >= 4 is 0 Å². The molecule has 0 spiro atoms. The third kappa shape index (κ3) is 4.29. The van der Waals surface area contributed by atoms with Gasteiger partial charge in [0, 0.05) is 44.1 Å². The van der Waals surface area contributed by atoms with Crippen LogP contribution >= 0.6 is 0 Å². The molecule has 19 heavy (non-hydrogen) atoms. The van der Waals surface area contributed by atoms with Crippen LogP contribution in [0.1, 0.15) is 45.1 Å². The van der Waals surface area contributed by atoms with E-state index in [0.717, 1.165) is 13.1 Å². The number of nitrogens with one attached hydrogen (secondary N) is 1. The fourth-order valence-electron chi connectivity index (χ4n) is 3.00. The van der Waals surface area contributed by atoms with Crippen LogP contribution in [-0.4, -0.2) is 35.1 Å². The Kier molecular flexibility index (Phi) is 5.80. The van der Waals surface area contributed by atoms with Crippen LogP contribution in [0, 0.1) is 0 Å². The van der Waals surface area contributed by atoms with E-state index in [1.165, 1.54) is 37.8 Å². The summed E-state index contributed by atoms with van der Waals surface area (Å²) < 4.78 is 0. The van der Waals surface area contributed by atoms with Gasteiger partial charge < -0.3 is 5.32 Å². The van der Waals surface area contributed by atoms with Gasteiger partial charge in [-0.05, 0) is 30.5 Å². The highest BCUT2D eigenvalue weighted by Crippen LogP contribution is 2.17. The summed E-state index contributed by atoms with van der Waals surface area (Å²) in [5.41, 5.74) is 1.38. The van der Waals surface area contributed by atoms with Crippen molar-refractivity contribution in [3.63, 3.8) is 0 Å². The molecule has 1 aliphatic heterocycles. The average molecular weight is 261 g/mol. The Balaban J connectivity index is 1.98. The SMILES string of the molecule is CCCC1CN(Cc2ccncc2)C(CCC)CN1. The van der Waals surface area contributed by atoms with E-state index >= 15 is 0 Å². The Hall–Kier alpha value is -0.930. The molecule has 0 radical (unpaired) electrons. The van der Waals surface area contributed by atoms with E-state index in [1.807, 2.05) is 12.4 Å². The molecule has 1 aromatic heterocycles. The monoisotopic (exact) mass is 261 g/mol. The summed E-state index contributed by atoms with van der Waals surface area (Å²) in [5.74, 6) is 0. The first kappa shape index (κ1) is 14.5. The molecular weight excluding hydrogens is 234 g/mol. The van der Waals surface area contributed by atoms with Gasteiger partial charge in [-0.2, -0.15) is 0 Å². The van der Waals surface area contributed by atoms with Crippen molar-refractivity contribution in [3.05, 3.63) is 30.1 Å². The first-order valence-electron chi connectivity index (χ1n) is 7.69. The molecule has 0 aromatic carbocycles. The van der Waals surface area contributed by atoms with Crippen molar-refractivity contribution in [1.82, 2.24) is 15.2 Å². The predicted octanol–water partition coefficient (Wildman–Crippen LogP) is 2.82. The Morgan fingerprint density at radius 2 is 1.95 bits per heavy atom. The average Bonchev–Trinajstić information content (AvgIpc) is 2.43. The van der Waals surface area contributed by atoms with Crippen LogP contribution in [-0.2, 0) is 6.54 Å². The van der Waals surface area contributed by atoms with Gasteiger partial charge in [0.2, 0.25) is 0 Å². The molecule has 1 aromatic rings. The summed E-state index contributed by atoms with van der Waals surface area (Å²) in [5, 5.41) is 3.72. The van der Waals surface area contributed by atoms with E-state index in [1.54, 1.807) is 0 Å². The number of hydrogen-bond donors (Lipinski definition) is 1. The standard InChI is InChI=1S/C16H27N3/c1-3-5-15-13-19(16(6-4-2)11-18-15)12-14-7-9-17-10-8-14/h7-10,15-16,18H,3-6,11-13H2,1-2H3. The number of rotatable bonds is 6. The largest absolute Gasteiger partial charge is 0.311 e. The Morgan fingerprint density at radius 3 is 2.63 bits per heavy atom. The molecule has 1 N–H and O–H groups in total. The van der Waals surface area contributed by atoms with Gasteiger partial charge in [-0.1, -0.05) is 26.7 Å². The quantitative estimate of drug-likeness (QED) is 0.853. The smallest absolute Gasteiger partial charge is 0.0271 e. The molecule has 2 heterocycles. The fourth-order valence-corrected chi connectivity index (χ4v) is 3.00. The first-order chi connectivity index (χ1) is 9.33. The summed E-state index contributed by atoms with van der Waals surface area (Å²) >= 11 is 0. The second-order valence-corrected chi connectivity index (χ2v) is 5.62. The molecule has 2 unspecified atom stereocenters. The van der Waals surface area contributed by atoms with E-state index in [0.29, 0.717) is 12.1 Å². The van der Waals surface area contributed by atoms with Crippen molar-refractivity contribution in [2.45, 2.75) is 58.2 Å². The summed E-state index contributed by atoms with van der Waals surface area (Å²) in [6.07, 6.45) is 8.89. The molecule has 0 aliphatic carbocycles. The van der Waals surface area contributed by atoms with Gasteiger partial charge in [0.15, 0.2) is 0 Å². The maximum atomic E-state index is 4.11. The number of aromatic nitrogens is 1. The second kappa shape index (κ2) is 7.61. The van der Waals surface area contributed by atoms with E-state index in [-0.39, 0.29) is 0 Å². The zero-order valence-corrected chi connectivity index (χ0v) is 12.3. The summed E-state index contributed by atoms with van der Waals surface area (Å²) in [6, 6.07) is 5.63. The van der Waals surface area contributed by atoms with Gasteiger partial charge in [-0.25, -0.2) is 0 Å². The fraction of sp³-hybridized carbons (Fsp3) is 0.688. The van der Waals surface area contributed by atoms with Crippen LogP contribution in [0.2, 0.25) is 0 Å². The van der Waals surface area contributed by atoms with Crippen LogP contribution < -0.4 is 5.32 Å². The minimum Gasteiger partial charge on any atom is -0.311 e. The van der Waals surface area contributed by atoms with E-state index in [9.17, 15) is 0 Å². The highest BCUT2D eigenvalue weighted by molar-refractivity contribution is 5.10. The van der Waals surface area contributed by atoms with Crippen molar-refractivity contribution in [2.24, 2.45) is 0 Å². The van der Waals surface area contributed by atoms with Crippen LogP contribution in [0.5, 0.6) is 0 Å². The number of hydrogen-bond acceptors (Lipinski definition) is 3. The van der Waals surface area contributed by atoms with E-state index in [4.69, 9.17) is 0 Å². The summed E-state index contributed by atoms with van der Waals surface area (Å²) in [6.45, 7) is 7.94. The molecule has 2 rings (SSSR count). The maximum absolute atomic E-state index is 4.11. The first-order valence-corrected chi connectivity index (χ1v) is 7.69. The van der Waals surface area contributed by atoms with Crippen LogP contribution in [0.3, 0.4) is 0 Å². The van der Waals surface area contributed by atoms with E-state index < -0.39 is 0 Å². The van der Waals surface area contributed by atoms with Crippen molar-refractivity contribution in [1.29, 1.82) is 0 Å². The number of piperazine rings is 1. The van der Waals surface area contributed by atoms with Crippen molar-refractivity contribution in [3.8, 4) is 0 Å². The van der Waals surface area contributed by atoms with Gasteiger partial charge in [-0.3, -0.25) is 9.88 Å². The van der Waals surface area contributed by atoms with Gasteiger partial charge in [0.05, 0.1) is 0 Å². The molecule has 0 saturated carbocycles. The molecule has 0 amide bonds. The molecule has 106 valence electrons. The van der Waals surface area contributed by atoms with Crippen molar-refractivity contribution < 1.29 is 0 Å². The van der Waals surface area contributed by atoms with Gasteiger partial charge in [-0.15, -0.1) is 0 Å². The lowest BCUT2D eigenvalue weighted by atomic mass is 10.0.